The Labute approximate surface area is 183 Å². The van der Waals surface area contributed by atoms with Crippen molar-refractivity contribution in [2.75, 3.05) is 18.0 Å². The van der Waals surface area contributed by atoms with E-state index in [0.717, 1.165) is 48.2 Å². The number of nitrogens with zero attached hydrogens (tertiary/aromatic N) is 2. The number of carbonyl (C=O) groups is 2. The van der Waals surface area contributed by atoms with Crippen molar-refractivity contribution in [3.8, 4) is 0 Å². The maximum atomic E-state index is 13.7. The van der Waals surface area contributed by atoms with Crippen LogP contribution in [0.2, 0.25) is 5.02 Å². The standard InChI is InChI=1S/C25H27ClN2O2/c1-15-10-12-27(13-11-15)23-22(19-9-8-16(2)17(3)14-19)24(29)28(25(23)30)21-7-5-6-20(26)18(21)4/h5-9,14-15H,10-13H2,1-4H3. The highest BCUT2D eigenvalue weighted by atomic mass is 35.5. The topological polar surface area (TPSA) is 40.6 Å². The Bertz CT molecular complexity index is 1060. The van der Waals surface area contributed by atoms with E-state index in [9.17, 15) is 9.59 Å². The molecule has 2 aliphatic heterocycles. The second-order valence-corrected chi connectivity index (χ2v) is 8.93. The van der Waals surface area contributed by atoms with Crippen LogP contribution in [0.3, 0.4) is 0 Å². The van der Waals surface area contributed by atoms with Crippen molar-refractivity contribution in [2.45, 2.75) is 40.5 Å². The van der Waals surface area contributed by atoms with Crippen LogP contribution < -0.4 is 4.90 Å². The number of halogens is 1. The molecule has 2 aromatic rings. The first-order valence-electron chi connectivity index (χ1n) is 10.5. The van der Waals surface area contributed by atoms with Crippen LogP contribution in [-0.2, 0) is 9.59 Å². The minimum atomic E-state index is -0.276. The minimum absolute atomic E-state index is 0.256. The van der Waals surface area contributed by atoms with Crippen molar-refractivity contribution in [2.24, 2.45) is 5.92 Å². The third kappa shape index (κ3) is 3.43. The average molecular weight is 423 g/mol. The minimum Gasteiger partial charge on any atom is -0.366 e. The zero-order valence-corrected chi connectivity index (χ0v) is 18.7. The monoisotopic (exact) mass is 422 g/mol. The van der Waals surface area contributed by atoms with Crippen molar-refractivity contribution in [3.05, 3.63) is 69.4 Å². The zero-order chi connectivity index (χ0) is 21.6. The lowest BCUT2D eigenvalue weighted by Crippen LogP contribution is -2.38. The van der Waals surface area contributed by atoms with Gasteiger partial charge in [0.1, 0.15) is 5.70 Å². The molecule has 4 nitrogen and oxygen atoms in total. The molecule has 5 heteroatoms. The van der Waals surface area contributed by atoms with Crippen LogP contribution in [0, 0.1) is 26.7 Å². The summed E-state index contributed by atoms with van der Waals surface area (Å²) in [5.41, 5.74) is 5.36. The molecule has 30 heavy (non-hydrogen) atoms. The second kappa shape index (κ2) is 7.92. The van der Waals surface area contributed by atoms with Gasteiger partial charge in [-0.15, -0.1) is 0 Å². The van der Waals surface area contributed by atoms with Crippen molar-refractivity contribution >= 4 is 34.7 Å². The third-order valence-corrected chi connectivity index (χ3v) is 6.84. The SMILES string of the molecule is Cc1ccc(C2=C(N3CCC(C)CC3)C(=O)N(c3cccc(Cl)c3C)C2=O)cc1C. The van der Waals surface area contributed by atoms with Crippen molar-refractivity contribution in [1.29, 1.82) is 0 Å². The van der Waals surface area contributed by atoms with Gasteiger partial charge in [0.25, 0.3) is 11.8 Å². The second-order valence-electron chi connectivity index (χ2n) is 8.52. The number of anilines is 1. The van der Waals surface area contributed by atoms with Crippen LogP contribution in [0.4, 0.5) is 5.69 Å². The molecule has 0 radical (unpaired) electrons. The molecule has 0 N–H and O–H groups in total. The number of aryl methyl sites for hydroxylation is 2. The van der Waals surface area contributed by atoms with E-state index in [1.54, 1.807) is 18.2 Å². The highest BCUT2D eigenvalue weighted by Gasteiger charge is 2.43. The van der Waals surface area contributed by atoms with Gasteiger partial charge in [0.2, 0.25) is 0 Å². The van der Waals surface area contributed by atoms with Gasteiger partial charge in [0.15, 0.2) is 0 Å². The molecule has 0 aliphatic carbocycles. The van der Waals surface area contributed by atoms with E-state index in [4.69, 9.17) is 11.6 Å². The summed E-state index contributed by atoms with van der Waals surface area (Å²) in [6.45, 7) is 9.72. The van der Waals surface area contributed by atoms with Gasteiger partial charge in [0, 0.05) is 18.1 Å². The Kier molecular flexibility index (Phi) is 5.46. The van der Waals surface area contributed by atoms with Gasteiger partial charge < -0.3 is 4.90 Å². The fraction of sp³-hybridized carbons (Fsp3) is 0.360. The van der Waals surface area contributed by atoms with Crippen LogP contribution in [0.5, 0.6) is 0 Å². The number of imide groups is 1. The first kappa shape index (κ1) is 20.7. The summed E-state index contributed by atoms with van der Waals surface area (Å²) in [6.07, 6.45) is 2.03. The summed E-state index contributed by atoms with van der Waals surface area (Å²) in [4.78, 5) is 30.7. The Balaban J connectivity index is 1.86. The molecule has 156 valence electrons. The molecule has 2 aliphatic rings. The quantitative estimate of drug-likeness (QED) is 0.631. The maximum Gasteiger partial charge on any atom is 0.282 e. The van der Waals surface area contributed by atoms with Crippen LogP contribution in [0.25, 0.3) is 5.57 Å². The van der Waals surface area contributed by atoms with Crippen LogP contribution in [0.15, 0.2) is 42.1 Å². The Morgan fingerprint density at radius 3 is 2.30 bits per heavy atom. The van der Waals surface area contributed by atoms with Gasteiger partial charge in [-0.25, -0.2) is 4.90 Å². The smallest absolute Gasteiger partial charge is 0.282 e. The van der Waals surface area contributed by atoms with Gasteiger partial charge >= 0.3 is 0 Å². The molecule has 0 unspecified atom stereocenters. The third-order valence-electron chi connectivity index (χ3n) is 6.43. The maximum absolute atomic E-state index is 13.7. The zero-order valence-electron chi connectivity index (χ0n) is 18.0. The number of hydrogen-bond acceptors (Lipinski definition) is 3. The number of benzene rings is 2. The summed E-state index contributed by atoms with van der Waals surface area (Å²) in [5, 5.41) is 0.543. The number of rotatable bonds is 3. The van der Waals surface area contributed by atoms with E-state index < -0.39 is 0 Å². The predicted molar refractivity (Wildman–Crippen MR) is 121 cm³/mol. The molecular formula is C25H27ClN2O2. The first-order valence-corrected chi connectivity index (χ1v) is 10.9. The van der Waals surface area contributed by atoms with Crippen molar-refractivity contribution in [3.63, 3.8) is 0 Å². The molecule has 0 bridgehead atoms. The molecule has 0 saturated carbocycles. The summed E-state index contributed by atoms with van der Waals surface area (Å²) < 4.78 is 0. The van der Waals surface area contributed by atoms with Gasteiger partial charge in [-0.3, -0.25) is 9.59 Å². The molecule has 2 aromatic carbocycles. The molecule has 0 atom stereocenters. The van der Waals surface area contributed by atoms with E-state index in [1.807, 2.05) is 39.0 Å². The van der Waals surface area contributed by atoms with E-state index in [-0.39, 0.29) is 11.8 Å². The predicted octanol–water partition coefficient (Wildman–Crippen LogP) is 5.28. The molecule has 0 spiro atoms. The molecule has 1 saturated heterocycles. The van der Waals surface area contributed by atoms with Gasteiger partial charge in [-0.1, -0.05) is 42.8 Å². The summed E-state index contributed by atoms with van der Waals surface area (Å²) in [5.74, 6) is 0.0980. The molecule has 4 rings (SSSR count). The number of carbonyl (C=O) groups excluding carboxylic acids is 2. The van der Waals surface area contributed by atoms with Gasteiger partial charge in [-0.2, -0.15) is 0 Å². The highest BCUT2D eigenvalue weighted by molar-refractivity contribution is 6.46. The normalized spacial score (nSPS) is 18.0. The lowest BCUT2D eigenvalue weighted by Gasteiger charge is -2.32. The van der Waals surface area contributed by atoms with E-state index >= 15 is 0 Å². The van der Waals surface area contributed by atoms with Gasteiger partial charge in [-0.05, 0) is 73.9 Å². The Morgan fingerprint density at radius 2 is 1.63 bits per heavy atom. The fourth-order valence-electron chi connectivity index (χ4n) is 4.26. The number of amides is 2. The van der Waals surface area contributed by atoms with E-state index in [2.05, 4.69) is 11.8 Å². The summed E-state index contributed by atoms with van der Waals surface area (Å²) >= 11 is 6.31. The highest BCUT2D eigenvalue weighted by Crippen LogP contribution is 2.38. The number of piperidine rings is 1. The number of hydrogen-bond donors (Lipinski definition) is 0. The lowest BCUT2D eigenvalue weighted by molar-refractivity contribution is -0.120. The molecule has 2 heterocycles. The fourth-order valence-corrected chi connectivity index (χ4v) is 4.43. The Morgan fingerprint density at radius 1 is 0.933 bits per heavy atom. The van der Waals surface area contributed by atoms with Crippen LogP contribution in [-0.4, -0.2) is 29.8 Å². The molecular weight excluding hydrogens is 396 g/mol. The van der Waals surface area contributed by atoms with Crippen molar-refractivity contribution < 1.29 is 9.59 Å². The summed E-state index contributed by atoms with van der Waals surface area (Å²) in [7, 11) is 0. The molecule has 1 fully saturated rings. The van der Waals surface area contributed by atoms with E-state index in [1.165, 1.54) is 4.90 Å². The largest absolute Gasteiger partial charge is 0.366 e. The molecule has 0 aromatic heterocycles. The van der Waals surface area contributed by atoms with E-state index in [0.29, 0.717) is 27.9 Å². The van der Waals surface area contributed by atoms with Crippen molar-refractivity contribution in [1.82, 2.24) is 4.90 Å². The Hall–Kier alpha value is -2.59. The summed E-state index contributed by atoms with van der Waals surface area (Å²) in [6, 6.07) is 11.3. The van der Waals surface area contributed by atoms with Crippen LogP contribution in [0.1, 0.15) is 42.0 Å². The van der Waals surface area contributed by atoms with Crippen LogP contribution >= 0.6 is 11.6 Å². The molecule has 2 amide bonds. The number of likely N-dealkylation sites (tertiary alicyclic amines) is 1. The first-order chi connectivity index (χ1) is 14.3. The average Bonchev–Trinajstić information content (AvgIpc) is 2.97. The van der Waals surface area contributed by atoms with Gasteiger partial charge in [0.05, 0.1) is 11.3 Å². The lowest BCUT2D eigenvalue weighted by atomic mass is 9.96.